The largest absolute Gasteiger partial charge is 0.395 e. The van der Waals surface area contributed by atoms with Crippen LogP contribution in [0.1, 0.15) is 24.1 Å². The number of aryl methyl sites for hydroxylation is 1. The Hall–Kier alpha value is -0.870. The molecule has 16 heavy (non-hydrogen) atoms. The van der Waals surface area contributed by atoms with Crippen molar-refractivity contribution in [2.45, 2.75) is 31.7 Å². The number of nitrogens with zero attached hydrogens (tertiary/aromatic N) is 1. The summed E-state index contributed by atoms with van der Waals surface area (Å²) < 4.78 is 0. The molecule has 1 N–H and O–H groups in total. The average molecular weight is 239 g/mol. The summed E-state index contributed by atoms with van der Waals surface area (Å²) in [7, 11) is 0. The molecule has 4 heteroatoms. The molecule has 0 atom stereocenters. The fraction of sp³-hybridized carbons (Fsp3) is 0.583. The summed E-state index contributed by atoms with van der Waals surface area (Å²) in [6, 6.07) is 4.48. The number of aliphatic hydroxyl groups excluding tert-OH is 1. The Labute approximate surface area is 99.7 Å². The molecule has 0 spiro atoms. The maximum Gasteiger partial charge on any atom is 0.223 e. The van der Waals surface area contributed by atoms with Crippen LogP contribution in [-0.2, 0) is 11.2 Å². The molecule has 1 aliphatic carbocycles. The van der Waals surface area contributed by atoms with Crippen LogP contribution in [-0.4, -0.2) is 35.1 Å². The number of carbonyl (C=O) groups excluding carboxylic acids is 1. The molecule has 3 nitrogen and oxygen atoms in total. The van der Waals surface area contributed by atoms with Crippen molar-refractivity contribution in [1.82, 2.24) is 4.90 Å². The van der Waals surface area contributed by atoms with Gasteiger partial charge in [-0.05, 0) is 30.7 Å². The van der Waals surface area contributed by atoms with Crippen molar-refractivity contribution in [2.75, 3.05) is 13.2 Å². The first-order chi connectivity index (χ1) is 7.81. The van der Waals surface area contributed by atoms with Crippen LogP contribution >= 0.6 is 11.3 Å². The highest BCUT2D eigenvalue weighted by molar-refractivity contribution is 7.09. The Morgan fingerprint density at radius 1 is 1.56 bits per heavy atom. The lowest BCUT2D eigenvalue weighted by Gasteiger charge is -2.21. The van der Waals surface area contributed by atoms with E-state index in [-0.39, 0.29) is 12.5 Å². The lowest BCUT2D eigenvalue weighted by atomic mass is 10.2. The van der Waals surface area contributed by atoms with Gasteiger partial charge in [0, 0.05) is 23.9 Å². The van der Waals surface area contributed by atoms with Gasteiger partial charge in [0.2, 0.25) is 5.91 Å². The summed E-state index contributed by atoms with van der Waals surface area (Å²) in [5.74, 6) is 0.185. The molecule has 88 valence electrons. The van der Waals surface area contributed by atoms with E-state index < -0.39 is 0 Å². The normalized spacial score (nSPS) is 15.1. The molecular formula is C12H17NO2S. The summed E-state index contributed by atoms with van der Waals surface area (Å²) in [6.07, 6.45) is 3.59. The molecule has 2 rings (SSSR count). The SMILES string of the molecule is O=C(CCc1cccs1)N(CCO)C1CC1. The van der Waals surface area contributed by atoms with Crippen molar-refractivity contribution in [3.63, 3.8) is 0 Å². The molecule has 0 saturated heterocycles. The van der Waals surface area contributed by atoms with E-state index in [1.807, 2.05) is 16.3 Å². The zero-order valence-corrected chi connectivity index (χ0v) is 10.1. The molecule has 0 unspecified atom stereocenters. The van der Waals surface area contributed by atoms with Crippen molar-refractivity contribution < 1.29 is 9.90 Å². The minimum Gasteiger partial charge on any atom is -0.395 e. The summed E-state index contributed by atoms with van der Waals surface area (Å²) in [4.78, 5) is 15.0. The van der Waals surface area contributed by atoms with E-state index in [2.05, 4.69) is 6.07 Å². The monoisotopic (exact) mass is 239 g/mol. The fourth-order valence-electron chi connectivity index (χ4n) is 1.83. The van der Waals surface area contributed by atoms with Gasteiger partial charge in [-0.1, -0.05) is 6.07 Å². The van der Waals surface area contributed by atoms with Gasteiger partial charge in [-0.25, -0.2) is 0 Å². The lowest BCUT2D eigenvalue weighted by Crippen LogP contribution is -2.35. The molecule has 1 saturated carbocycles. The van der Waals surface area contributed by atoms with Crippen LogP contribution in [0.25, 0.3) is 0 Å². The van der Waals surface area contributed by atoms with E-state index >= 15 is 0 Å². The van der Waals surface area contributed by atoms with Gasteiger partial charge in [-0.15, -0.1) is 11.3 Å². The molecule has 1 fully saturated rings. The van der Waals surface area contributed by atoms with Gasteiger partial charge in [0.15, 0.2) is 0 Å². The van der Waals surface area contributed by atoms with Crippen LogP contribution in [0.3, 0.4) is 0 Å². The zero-order chi connectivity index (χ0) is 11.4. The first-order valence-electron chi connectivity index (χ1n) is 5.74. The number of carbonyl (C=O) groups is 1. The molecule has 0 aliphatic heterocycles. The second-order valence-corrected chi connectivity index (χ2v) is 5.15. The molecule has 1 amide bonds. The topological polar surface area (TPSA) is 40.5 Å². The van der Waals surface area contributed by atoms with E-state index in [9.17, 15) is 4.79 Å². The first-order valence-corrected chi connectivity index (χ1v) is 6.62. The summed E-state index contributed by atoms with van der Waals surface area (Å²) >= 11 is 1.69. The van der Waals surface area contributed by atoms with Gasteiger partial charge in [-0.3, -0.25) is 4.79 Å². The molecule has 0 radical (unpaired) electrons. The van der Waals surface area contributed by atoms with Crippen LogP contribution in [0.5, 0.6) is 0 Å². The van der Waals surface area contributed by atoms with Crippen LogP contribution in [0.15, 0.2) is 17.5 Å². The highest BCUT2D eigenvalue weighted by Crippen LogP contribution is 2.27. The molecule has 0 aromatic carbocycles. The third-order valence-electron chi connectivity index (χ3n) is 2.81. The predicted molar refractivity (Wildman–Crippen MR) is 64.5 cm³/mol. The van der Waals surface area contributed by atoms with E-state index in [4.69, 9.17) is 5.11 Å². The second-order valence-electron chi connectivity index (χ2n) is 4.12. The van der Waals surface area contributed by atoms with Crippen LogP contribution in [0.2, 0.25) is 0 Å². The van der Waals surface area contributed by atoms with Gasteiger partial charge in [0.25, 0.3) is 0 Å². The quantitative estimate of drug-likeness (QED) is 0.820. The maximum atomic E-state index is 11.9. The van der Waals surface area contributed by atoms with Crippen LogP contribution < -0.4 is 0 Å². The van der Waals surface area contributed by atoms with Crippen molar-refractivity contribution in [3.8, 4) is 0 Å². The smallest absolute Gasteiger partial charge is 0.223 e. The minimum atomic E-state index is 0.0707. The third kappa shape index (κ3) is 3.06. The van der Waals surface area contributed by atoms with Crippen molar-refractivity contribution in [1.29, 1.82) is 0 Å². The molecular weight excluding hydrogens is 222 g/mol. The van der Waals surface area contributed by atoms with E-state index in [0.29, 0.717) is 19.0 Å². The molecule has 1 aromatic heterocycles. The zero-order valence-electron chi connectivity index (χ0n) is 9.26. The van der Waals surface area contributed by atoms with Crippen molar-refractivity contribution in [2.24, 2.45) is 0 Å². The number of thiophene rings is 1. The summed E-state index contributed by atoms with van der Waals surface area (Å²) in [6.45, 7) is 0.565. The second kappa shape index (κ2) is 5.46. The highest BCUT2D eigenvalue weighted by atomic mass is 32.1. The Bertz CT molecular complexity index is 333. The van der Waals surface area contributed by atoms with E-state index in [1.54, 1.807) is 11.3 Å². The van der Waals surface area contributed by atoms with E-state index in [0.717, 1.165) is 19.3 Å². The standard InChI is InChI=1S/C12H17NO2S/c14-8-7-13(10-3-4-10)12(15)6-5-11-2-1-9-16-11/h1-2,9-10,14H,3-8H2. The molecule has 1 aliphatic rings. The maximum absolute atomic E-state index is 11.9. The Morgan fingerprint density at radius 3 is 2.94 bits per heavy atom. The van der Waals surface area contributed by atoms with Crippen molar-refractivity contribution >= 4 is 17.2 Å². The summed E-state index contributed by atoms with van der Waals surface area (Å²) in [5, 5.41) is 11.0. The predicted octanol–water partition coefficient (Wildman–Crippen LogP) is 1.66. The number of amides is 1. The third-order valence-corrected chi connectivity index (χ3v) is 3.75. The Kier molecular flexibility index (Phi) is 3.96. The van der Waals surface area contributed by atoms with Gasteiger partial charge in [0.1, 0.15) is 0 Å². The van der Waals surface area contributed by atoms with Crippen molar-refractivity contribution in [3.05, 3.63) is 22.4 Å². The fourth-order valence-corrected chi connectivity index (χ4v) is 2.54. The molecule has 1 heterocycles. The number of hydrogen-bond acceptors (Lipinski definition) is 3. The average Bonchev–Trinajstić information content (AvgIpc) is 2.99. The highest BCUT2D eigenvalue weighted by Gasteiger charge is 2.31. The first kappa shape index (κ1) is 11.6. The molecule has 0 bridgehead atoms. The minimum absolute atomic E-state index is 0.0707. The van der Waals surface area contributed by atoms with Crippen LogP contribution in [0, 0.1) is 0 Å². The van der Waals surface area contributed by atoms with Crippen LogP contribution in [0.4, 0.5) is 0 Å². The van der Waals surface area contributed by atoms with Gasteiger partial charge >= 0.3 is 0 Å². The Morgan fingerprint density at radius 2 is 2.38 bits per heavy atom. The lowest BCUT2D eigenvalue weighted by molar-refractivity contribution is -0.132. The molecule has 1 aromatic rings. The summed E-state index contributed by atoms with van der Waals surface area (Å²) in [5.41, 5.74) is 0. The number of rotatable bonds is 6. The number of hydrogen-bond donors (Lipinski definition) is 1. The van der Waals surface area contributed by atoms with Gasteiger partial charge in [0.05, 0.1) is 6.61 Å². The number of aliphatic hydroxyl groups is 1. The Balaban J connectivity index is 1.81. The van der Waals surface area contributed by atoms with Gasteiger partial charge < -0.3 is 10.0 Å². The van der Waals surface area contributed by atoms with Gasteiger partial charge in [-0.2, -0.15) is 0 Å². The van der Waals surface area contributed by atoms with E-state index in [1.165, 1.54) is 4.88 Å².